The predicted octanol–water partition coefficient (Wildman–Crippen LogP) is 4.10. The molecule has 0 saturated heterocycles. The zero-order chi connectivity index (χ0) is 18.4. The van der Waals surface area contributed by atoms with Crippen LogP contribution in [-0.4, -0.2) is 22.1 Å². The van der Waals surface area contributed by atoms with E-state index in [1.54, 1.807) is 39.0 Å². The molecule has 0 radical (unpaired) electrons. The van der Waals surface area contributed by atoms with E-state index in [0.717, 1.165) is 15.3 Å². The van der Waals surface area contributed by atoms with E-state index in [9.17, 15) is 9.59 Å². The summed E-state index contributed by atoms with van der Waals surface area (Å²) in [5.74, 6) is 0.0699. The molecule has 3 aromatic rings. The van der Waals surface area contributed by atoms with Crippen LogP contribution in [0.4, 0.5) is 0 Å². The SMILES string of the molecule is CCOC(=O)C(C)(C)n1c(C)nc2sc(C)c(-c3cccs3)c2c1=O. The van der Waals surface area contributed by atoms with Gasteiger partial charge in [0.15, 0.2) is 0 Å². The molecule has 0 aliphatic rings. The molecule has 0 aromatic carbocycles. The van der Waals surface area contributed by atoms with Gasteiger partial charge in [-0.05, 0) is 46.1 Å². The van der Waals surface area contributed by atoms with E-state index in [-0.39, 0.29) is 12.2 Å². The lowest BCUT2D eigenvalue weighted by Crippen LogP contribution is -2.45. The van der Waals surface area contributed by atoms with Crippen molar-refractivity contribution in [2.45, 2.75) is 40.2 Å². The third-order valence-electron chi connectivity index (χ3n) is 4.17. The second-order valence-electron chi connectivity index (χ2n) is 6.27. The average Bonchev–Trinajstić information content (AvgIpc) is 3.14. The number of aryl methyl sites for hydroxylation is 2. The van der Waals surface area contributed by atoms with Crippen LogP contribution in [0.15, 0.2) is 22.3 Å². The van der Waals surface area contributed by atoms with Crippen LogP contribution in [0.2, 0.25) is 0 Å². The Morgan fingerprint density at radius 1 is 1.36 bits per heavy atom. The average molecular weight is 377 g/mol. The Morgan fingerprint density at radius 2 is 2.08 bits per heavy atom. The first-order valence-electron chi connectivity index (χ1n) is 8.03. The zero-order valence-electron chi connectivity index (χ0n) is 14.9. The quantitative estimate of drug-likeness (QED) is 0.643. The molecule has 0 fully saturated rings. The molecular weight excluding hydrogens is 356 g/mol. The number of rotatable bonds is 4. The van der Waals surface area contributed by atoms with Gasteiger partial charge in [0, 0.05) is 15.3 Å². The van der Waals surface area contributed by atoms with Crippen molar-refractivity contribution in [3.05, 3.63) is 38.6 Å². The Hall–Kier alpha value is -1.99. The molecule has 0 aliphatic carbocycles. The first-order valence-corrected chi connectivity index (χ1v) is 9.73. The van der Waals surface area contributed by atoms with E-state index in [2.05, 4.69) is 4.98 Å². The van der Waals surface area contributed by atoms with Crippen LogP contribution >= 0.6 is 22.7 Å². The number of hydrogen-bond donors (Lipinski definition) is 0. The van der Waals surface area contributed by atoms with Crippen LogP contribution in [0.25, 0.3) is 20.7 Å². The number of fused-ring (bicyclic) bond motifs is 1. The third kappa shape index (κ3) is 2.81. The summed E-state index contributed by atoms with van der Waals surface area (Å²) in [7, 11) is 0. The van der Waals surface area contributed by atoms with Crippen molar-refractivity contribution in [3.63, 3.8) is 0 Å². The van der Waals surface area contributed by atoms with Crippen molar-refractivity contribution in [2.75, 3.05) is 6.61 Å². The van der Waals surface area contributed by atoms with Crippen LogP contribution in [0.1, 0.15) is 31.5 Å². The van der Waals surface area contributed by atoms with Gasteiger partial charge < -0.3 is 4.74 Å². The molecule has 5 nitrogen and oxygen atoms in total. The summed E-state index contributed by atoms with van der Waals surface area (Å²) in [4.78, 5) is 33.2. The maximum atomic E-state index is 13.4. The summed E-state index contributed by atoms with van der Waals surface area (Å²) in [6, 6.07) is 3.96. The van der Waals surface area contributed by atoms with Crippen molar-refractivity contribution < 1.29 is 9.53 Å². The molecule has 0 bridgehead atoms. The Kier molecular flexibility index (Phi) is 4.55. The maximum absolute atomic E-state index is 13.4. The van der Waals surface area contributed by atoms with Gasteiger partial charge in [-0.2, -0.15) is 0 Å². The molecule has 0 spiro atoms. The molecule has 3 rings (SSSR count). The molecule has 0 unspecified atom stereocenters. The lowest BCUT2D eigenvalue weighted by molar-refractivity contribution is -0.152. The highest BCUT2D eigenvalue weighted by Gasteiger charge is 2.35. The van der Waals surface area contributed by atoms with E-state index >= 15 is 0 Å². The van der Waals surface area contributed by atoms with Gasteiger partial charge in [-0.15, -0.1) is 22.7 Å². The second-order valence-corrected chi connectivity index (χ2v) is 8.42. The smallest absolute Gasteiger partial charge is 0.331 e. The lowest BCUT2D eigenvalue weighted by atomic mass is 10.0. The number of ether oxygens (including phenoxy) is 1. The second kappa shape index (κ2) is 6.38. The highest BCUT2D eigenvalue weighted by molar-refractivity contribution is 7.20. The van der Waals surface area contributed by atoms with Crippen molar-refractivity contribution in [2.24, 2.45) is 0 Å². The lowest BCUT2D eigenvalue weighted by Gasteiger charge is -2.26. The normalized spacial score (nSPS) is 11.9. The van der Waals surface area contributed by atoms with Crippen molar-refractivity contribution in [3.8, 4) is 10.4 Å². The van der Waals surface area contributed by atoms with Crippen LogP contribution in [0, 0.1) is 13.8 Å². The fourth-order valence-corrected chi connectivity index (χ4v) is 5.01. The fourth-order valence-electron chi connectivity index (χ4n) is 3.04. The molecule has 132 valence electrons. The minimum absolute atomic E-state index is 0.201. The Labute approximate surface area is 153 Å². The van der Waals surface area contributed by atoms with Gasteiger partial charge in [0.2, 0.25) is 0 Å². The molecule has 0 saturated carbocycles. The highest BCUT2D eigenvalue weighted by Crippen LogP contribution is 2.38. The molecule has 3 aromatic heterocycles. The first kappa shape index (κ1) is 17.8. The maximum Gasteiger partial charge on any atom is 0.331 e. The monoisotopic (exact) mass is 376 g/mol. The van der Waals surface area contributed by atoms with Gasteiger partial charge in [0.1, 0.15) is 16.2 Å². The molecule has 0 aliphatic heterocycles. The molecule has 3 heterocycles. The molecular formula is C18H20N2O3S2. The van der Waals surface area contributed by atoms with Crippen LogP contribution in [0.5, 0.6) is 0 Å². The van der Waals surface area contributed by atoms with Crippen molar-refractivity contribution in [1.82, 2.24) is 9.55 Å². The Bertz CT molecular complexity index is 998. The summed E-state index contributed by atoms with van der Waals surface area (Å²) in [6.07, 6.45) is 0. The topological polar surface area (TPSA) is 61.2 Å². The molecule has 0 amide bonds. The van der Waals surface area contributed by atoms with Gasteiger partial charge >= 0.3 is 5.97 Å². The largest absolute Gasteiger partial charge is 0.464 e. The van der Waals surface area contributed by atoms with E-state index in [0.29, 0.717) is 16.0 Å². The number of aromatic nitrogens is 2. The number of thiophene rings is 2. The van der Waals surface area contributed by atoms with Gasteiger partial charge in [-0.3, -0.25) is 9.36 Å². The van der Waals surface area contributed by atoms with Crippen LogP contribution in [0.3, 0.4) is 0 Å². The predicted molar refractivity (Wildman–Crippen MR) is 103 cm³/mol. The van der Waals surface area contributed by atoms with Crippen molar-refractivity contribution in [1.29, 1.82) is 0 Å². The van der Waals surface area contributed by atoms with Crippen LogP contribution < -0.4 is 5.56 Å². The van der Waals surface area contributed by atoms with Crippen LogP contribution in [-0.2, 0) is 15.1 Å². The van der Waals surface area contributed by atoms with E-state index in [1.807, 2.05) is 24.4 Å². The number of carbonyl (C=O) groups excluding carboxylic acids is 1. The summed E-state index contributed by atoms with van der Waals surface area (Å²) in [6.45, 7) is 9.15. The molecule has 25 heavy (non-hydrogen) atoms. The van der Waals surface area contributed by atoms with E-state index < -0.39 is 11.5 Å². The van der Waals surface area contributed by atoms with Gasteiger partial charge in [-0.1, -0.05) is 6.07 Å². The van der Waals surface area contributed by atoms with E-state index in [1.165, 1.54) is 15.9 Å². The first-order chi connectivity index (χ1) is 11.8. The van der Waals surface area contributed by atoms with E-state index in [4.69, 9.17) is 4.74 Å². The highest BCUT2D eigenvalue weighted by atomic mass is 32.1. The molecule has 0 N–H and O–H groups in total. The Morgan fingerprint density at radius 3 is 2.68 bits per heavy atom. The Balaban J connectivity index is 2.34. The molecule has 0 atom stereocenters. The molecule has 7 heteroatoms. The standard InChI is InChI=1S/C18H20N2O3S2/c1-6-23-17(22)18(4,5)20-11(3)19-15-14(16(20)21)13(10(2)25-15)12-8-7-9-24-12/h7-9H,6H2,1-5H3. The number of carbonyl (C=O) groups is 1. The summed E-state index contributed by atoms with van der Waals surface area (Å²) in [5, 5.41) is 2.56. The zero-order valence-corrected chi connectivity index (χ0v) is 16.5. The minimum atomic E-state index is -1.12. The minimum Gasteiger partial charge on any atom is -0.464 e. The van der Waals surface area contributed by atoms with Gasteiger partial charge in [0.05, 0.1) is 12.0 Å². The number of nitrogens with zero attached hydrogens (tertiary/aromatic N) is 2. The summed E-state index contributed by atoms with van der Waals surface area (Å²) < 4.78 is 6.62. The van der Waals surface area contributed by atoms with Crippen molar-refractivity contribution >= 4 is 38.9 Å². The number of esters is 1. The van der Waals surface area contributed by atoms with Gasteiger partial charge in [-0.25, -0.2) is 9.78 Å². The number of hydrogen-bond acceptors (Lipinski definition) is 6. The summed E-state index contributed by atoms with van der Waals surface area (Å²) in [5.41, 5.74) is -0.407. The fraction of sp³-hybridized carbons (Fsp3) is 0.389. The third-order valence-corrected chi connectivity index (χ3v) is 6.06. The summed E-state index contributed by atoms with van der Waals surface area (Å²) >= 11 is 3.10. The van der Waals surface area contributed by atoms with Gasteiger partial charge in [0.25, 0.3) is 5.56 Å².